The second-order valence-electron chi connectivity index (χ2n) is 9.59. The zero-order valence-corrected chi connectivity index (χ0v) is 25.6. The molecule has 3 aromatic rings. The Bertz CT molecular complexity index is 1430. The monoisotopic (exact) mass is 621 g/mol. The smallest absolute Gasteiger partial charge is 0.264 e. The van der Waals surface area contributed by atoms with Gasteiger partial charge >= 0.3 is 0 Å². The summed E-state index contributed by atoms with van der Waals surface area (Å²) in [7, 11) is -4.26. The lowest BCUT2D eigenvalue weighted by molar-refractivity contribution is -0.140. The van der Waals surface area contributed by atoms with E-state index >= 15 is 0 Å². The number of amides is 2. The maximum absolute atomic E-state index is 14.1. The number of anilines is 1. The van der Waals surface area contributed by atoms with Crippen molar-refractivity contribution in [2.24, 2.45) is 0 Å². The number of hydrogen-bond acceptors (Lipinski definition) is 4. The van der Waals surface area contributed by atoms with Crippen molar-refractivity contribution in [1.82, 2.24) is 10.2 Å². The highest BCUT2D eigenvalue weighted by atomic mass is 35.5. The van der Waals surface area contributed by atoms with Crippen LogP contribution in [0.1, 0.15) is 44.2 Å². The molecular formula is C30H34Cl2FN3O4S. The van der Waals surface area contributed by atoms with Crippen LogP contribution >= 0.6 is 23.2 Å². The predicted octanol–water partition coefficient (Wildman–Crippen LogP) is 6.36. The summed E-state index contributed by atoms with van der Waals surface area (Å²) >= 11 is 12.9. The molecule has 1 atom stereocenters. The molecule has 0 aliphatic carbocycles. The van der Waals surface area contributed by atoms with Crippen molar-refractivity contribution in [3.05, 3.63) is 93.7 Å². The Labute approximate surface area is 251 Å². The standard InChI is InChI=1S/C30H34Cl2FN3O4S/c1-4-6-18-34-30(38)28(5-2)35(19-25-26(31)8-7-9-27(25)32)29(37)20-36(23-14-12-22(33)13-15-23)41(39,40)24-16-10-21(3)11-17-24/h7-17,28H,4-6,18-20H2,1-3H3,(H,34,38). The number of carbonyl (C=O) groups is 2. The number of carbonyl (C=O) groups excluding carboxylic acids is 2. The van der Waals surface area contributed by atoms with Crippen molar-refractivity contribution >= 4 is 50.7 Å². The van der Waals surface area contributed by atoms with Gasteiger partial charge in [0.15, 0.2) is 0 Å². The summed E-state index contributed by atoms with van der Waals surface area (Å²) in [6, 6.07) is 15.0. The van der Waals surface area contributed by atoms with Gasteiger partial charge in [-0.2, -0.15) is 0 Å². The van der Waals surface area contributed by atoms with Gasteiger partial charge in [0, 0.05) is 28.7 Å². The fourth-order valence-electron chi connectivity index (χ4n) is 4.25. The Balaban J connectivity index is 2.07. The van der Waals surface area contributed by atoms with E-state index in [9.17, 15) is 22.4 Å². The molecule has 2 amide bonds. The summed E-state index contributed by atoms with van der Waals surface area (Å²) in [4.78, 5) is 28.6. The fourth-order valence-corrected chi connectivity index (χ4v) is 6.18. The molecule has 3 aromatic carbocycles. The second-order valence-corrected chi connectivity index (χ2v) is 12.3. The minimum absolute atomic E-state index is 0.0368. The van der Waals surface area contributed by atoms with E-state index in [0.717, 1.165) is 34.8 Å². The van der Waals surface area contributed by atoms with Gasteiger partial charge in [0.05, 0.1) is 10.6 Å². The molecule has 11 heteroatoms. The minimum atomic E-state index is -4.26. The number of nitrogens with zero attached hydrogens (tertiary/aromatic N) is 2. The molecule has 0 saturated carbocycles. The number of sulfonamides is 1. The van der Waals surface area contributed by atoms with Gasteiger partial charge in [-0.25, -0.2) is 12.8 Å². The number of nitrogens with one attached hydrogen (secondary N) is 1. The average Bonchev–Trinajstić information content (AvgIpc) is 2.94. The van der Waals surface area contributed by atoms with Crippen molar-refractivity contribution < 1.29 is 22.4 Å². The van der Waals surface area contributed by atoms with E-state index in [4.69, 9.17) is 23.2 Å². The van der Waals surface area contributed by atoms with Crippen LogP contribution in [0.3, 0.4) is 0 Å². The quantitative estimate of drug-likeness (QED) is 0.225. The number of benzene rings is 3. The van der Waals surface area contributed by atoms with Gasteiger partial charge in [0.25, 0.3) is 10.0 Å². The summed E-state index contributed by atoms with van der Waals surface area (Å²) in [5.41, 5.74) is 1.38. The van der Waals surface area contributed by atoms with Crippen LogP contribution in [0.2, 0.25) is 10.0 Å². The van der Waals surface area contributed by atoms with E-state index in [0.29, 0.717) is 22.2 Å². The maximum Gasteiger partial charge on any atom is 0.264 e. The molecular weight excluding hydrogens is 588 g/mol. The van der Waals surface area contributed by atoms with Crippen LogP contribution in [-0.2, 0) is 26.2 Å². The number of halogens is 3. The van der Waals surface area contributed by atoms with Gasteiger partial charge in [-0.05, 0) is 68.3 Å². The summed E-state index contributed by atoms with van der Waals surface area (Å²) in [6.45, 7) is 5.24. The Morgan fingerprint density at radius 2 is 1.56 bits per heavy atom. The van der Waals surface area contributed by atoms with Crippen molar-refractivity contribution in [3.63, 3.8) is 0 Å². The fraction of sp³-hybridized carbons (Fsp3) is 0.333. The second kappa shape index (κ2) is 14.7. The number of hydrogen-bond donors (Lipinski definition) is 1. The van der Waals surface area contributed by atoms with Crippen molar-refractivity contribution in [2.45, 2.75) is 57.5 Å². The van der Waals surface area contributed by atoms with E-state index < -0.39 is 34.3 Å². The van der Waals surface area contributed by atoms with E-state index in [1.54, 1.807) is 37.3 Å². The predicted molar refractivity (Wildman–Crippen MR) is 161 cm³/mol. The lowest BCUT2D eigenvalue weighted by Crippen LogP contribution is -2.52. The first kappa shape index (κ1) is 32.4. The molecule has 3 rings (SSSR count). The first-order chi connectivity index (χ1) is 19.5. The molecule has 0 spiro atoms. The van der Waals surface area contributed by atoms with E-state index in [1.807, 2.05) is 13.8 Å². The first-order valence-corrected chi connectivity index (χ1v) is 15.5. The van der Waals surface area contributed by atoms with Gasteiger partial charge in [0.1, 0.15) is 18.4 Å². The first-order valence-electron chi connectivity index (χ1n) is 13.3. The molecule has 41 heavy (non-hydrogen) atoms. The normalized spacial score (nSPS) is 12.0. The number of rotatable bonds is 13. The van der Waals surface area contributed by atoms with E-state index in [-0.39, 0.29) is 29.5 Å². The Morgan fingerprint density at radius 3 is 2.12 bits per heavy atom. The van der Waals surface area contributed by atoms with E-state index in [2.05, 4.69) is 5.32 Å². The molecule has 0 aliphatic rings. The molecule has 0 aromatic heterocycles. The highest BCUT2D eigenvalue weighted by Gasteiger charge is 2.34. The lowest BCUT2D eigenvalue weighted by atomic mass is 10.1. The molecule has 0 fully saturated rings. The van der Waals surface area contributed by atoms with Crippen LogP contribution < -0.4 is 9.62 Å². The molecule has 0 aliphatic heterocycles. The van der Waals surface area contributed by atoms with Crippen LogP contribution in [0.5, 0.6) is 0 Å². The Kier molecular flexibility index (Phi) is 11.6. The zero-order valence-electron chi connectivity index (χ0n) is 23.2. The molecule has 1 N–H and O–H groups in total. The van der Waals surface area contributed by atoms with Crippen LogP contribution in [0, 0.1) is 12.7 Å². The summed E-state index contributed by atoms with van der Waals surface area (Å²) in [6.07, 6.45) is 1.89. The third kappa shape index (κ3) is 8.21. The van der Waals surface area contributed by atoms with Crippen LogP contribution in [0.4, 0.5) is 10.1 Å². The number of unbranched alkanes of at least 4 members (excludes halogenated alkanes) is 1. The van der Waals surface area contributed by atoms with E-state index in [1.165, 1.54) is 29.2 Å². The van der Waals surface area contributed by atoms with Gasteiger partial charge in [-0.15, -0.1) is 0 Å². The lowest BCUT2D eigenvalue weighted by Gasteiger charge is -2.33. The topological polar surface area (TPSA) is 86.8 Å². The molecule has 0 heterocycles. The SMILES string of the molecule is CCCCNC(=O)C(CC)N(Cc1c(Cl)cccc1Cl)C(=O)CN(c1ccc(F)cc1)S(=O)(=O)c1ccc(C)cc1. The maximum atomic E-state index is 14.1. The highest BCUT2D eigenvalue weighted by molar-refractivity contribution is 7.92. The third-order valence-electron chi connectivity index (χ3n) is 6.61. The summed E-state index contributed by atoms with van der Waals surface area (Å²) in [5, 5.41) is 3.47. The minimum Gasteiger partial charge on any atom is -0.354 e. The molecule has 0 bridgehead atoms. The molecule has 1 unspecified atom stereocenters. The largest absolute Gasteiger partial charge is 0.354 e. The summed E-state index contributed by atoms with van der Waals surface area (Å²) < 4.78 is 42.4. The Morgan fingerprint density at radius 1 is 0.951 bits per heavy atom. The van der Waals surface area contributed by atoms with Crippen LogP contribution in [0.15, 0.2) is 71.6 Å². The molecule has 0 radical (unpaired) electrons. The van der Waals surface area contributed by atoms with Crippen molar-refractivity contribution in [2.75, 3.05) is 17.4 Å². The van der Waals surface area contributed by atoms with Crippen molar-refractivity contribution in [1.29, 1.82) is 0 Å². The molecule has 7 nitrogen and oxygen atoms in total. The highest BCUT2D eigenvalue weighted by Crippen LogP contribution is 2.29. The third-order valence-corrected chi connectivity index (χ3v) is 9.10. The van der Waals surface area contributed by atoms with Gasteiger partial charge in [-0.3, -0.25) is 13.9 Å². The van der Waals surface area contributed by atoms with Crippen LogP contribution in [-0.4, -0.2) is 44.3 Å². The van der Waals surface area contributed by atoms with Gasteiger partial charge in [0.2, 0.25) is 11.8 Å². The van der Waals surface area contributed by atoms with Gasteiger partial charge < -0.3 is 10.2 Å². The molecule has 0 saturated heterocycles. The Hall–Kier alpha value is -3.14. The molecule has 220 valence electrons. The zero-order chi connectivity index (χ0) is 30.2. The van der Waals surface area contributed by atoms with Crippen LogP contribution in [0.25, 0.3) is 0 Å². The summed E-state index contributed by atoms with van der Waals surface area (Å²) in [5.74, 6) is -1.58. The average molecular weight is 623 g/mol. The van der Waals surface area contributed by atoms with Crippen molar-refractivity contribution in [3.8, 4) is 0 Å². The van der Waals surface area contributed by atoms with Gasteiger partial charge in [-0.1, -0.05) is 67.2 Å². The number of aryl methyl sites for hydroxylation is 1.